The van der Waals surface area contributed by atoms with E-state index in [1.807, 2.05) is 39.0 Å². The Bertz CT molecular complexity index is 473. The van der Waals surface area contributed by atoms with E-state index >= 15 is 0 Å². The highest BCUT2D eigenvalue weighted by molar-refractivity contribution is 5.96. The number of rotatable bonds is 2. The fourth-order valence-electron chi connectivity index (χ4n) is 2.07. The Balaban J connectivity index is 2.19. The van der Waals surface area contributed by atoms with E-state index in [-0.39, 0.29) is 11.9 Å². The fourth-order valence-corrected chi connectivity index (χ4v) is 2.07. The van der Waals surface area contributed by atoms with Crippen LogP contribution >= 0.6 is 0 Å². The lowest BCUT2D eigenvalue weighted by Gasteiger charge is -2.26. The Morgan fingerprint density at radius 1 is 1.50 bits per heavy atom. The third kappa shape index (κ3) is 2.13. The van der Waals surface area contributed by atoms with E-state index in [9.17, 15) is 4.79 Å². The van der Waals surface area contributed by atoms with Crippen LogP contribution in [-0.2, 0) is 9.53 Å². The van der Waals surface area contributed by atoms with Gasteiger partial charge in [-0.1, -0.05) is 12.1 Å². The van der Waals surface area contributed by atoms with Gasteiger partial charge in [0.25, 0.3) is 0 Å². The summed E-state index contributed by atoms with van der Waals surface area (Å²) >= 11 is 0. The summed E-state index contributed by atoms with van der Waals surface area (Å²) in [5.41, 5.74) is 8.40. The van der Waals surface area contributed by atoms with Crippen molar-refractivity contribution in [3.63, 3.8) is 0 Å². The van der Waals surface area contributed by atoms with E-state index in [1.165, 1.54) is 0 Å². The van der Waals surface area contributed by atoms with E-state index in [2.05, 4.69) is 5.32 Å². The molecule has 0 aromatic heterocycles. The van der Waals surface area contributed by atoms with Gasteiger partial charge in [0.2, 0.25) is 5.91 Å². The molecule has 4 heteroatoms. The van der Waals surface area contributed by atoms with Crippen LogP contribution in [0.15, 0.2) is 18.2 Å². The molecule has 3 N–H and O–H groups in total. The highest BCUT2D eigenvalue weighted by atomic mass is 16.5. The zero-order valence-corrected chi connectivity index (χ0v) is 11.1. The fraction of sp³-hybridized carbons (Fsp3) is 0.500. The molecule has 2 unspecified atom stereocenters. The maximum atomic E-state index is 12.3. The lowest BCUT2D eigenvalue weighted by atomic mass is 9.84. The highest BCUT2D eigenvalue weighted by Gasteiger charge is 2.44. The molecule has 0 saturated carbocycles. The summed E-state index contributed by atoms with van der Waals surface area (Å²) in [5.74, 6) is -0.0683. The molecule has 1 fully saturated rings. The Hall–Kier alpha value is -1.39. The van der Waals surface area contributed by atoms with Gasteiger partial charge in [-0.05, 0) is 38.0 Å². The van der Waals surface area contributed by atoms with Crippen molar-refractivity contribution in [3.8, 4) is 0 Å². The summed E-state index contributed by atoms with van der Waals surface area (Å²) < 4.78 is 5.30. The van der Waals surface area contributed by atoms with E-state index in [0.29, 0.717) is 13.2 Å². The van der Waals surface area contributed by atoms with Crippen molar-refractivity contribution in [1.29, 1.82) is 0 Å². The summed E-state index contributed by atoms with van der Waals surface area (Å²) in [6, 6.07) is 5.62. The van der Waals surface area contributed by atoms with Gasteiger partial charge in [0.15, 0.2) is 0 Å². The monoisotopic (exact) mass is 248 g/mol. The first-order chi connectivity index (χ1) is 8.45. The van der Waals surface area contributed by atoms with Crippen molar-refractivity contribution in [1.82, 2.24) is 0 Å². The summed E-state index contributed by atoms with van der Waals surface area (Å²) in [7, 11) is 0. The first kappa shape index (κ1) is 13.1. The van der Waals surface area contributed by atoms with Gasteiger partial charge in [0, 0.05) is 11.7 Å². The molecule has 18 heavy (non-hydrogen) atoms. The van der Waals surface area contributed by atoms with Crippen molar-refractivity contribution in [2.75, 3.05) is 18.5 Å². The van der Waals surface area contributed by atoms with Crippen molar-refractivity contribution in [2.45, 2.75) is 26.8 Å². The predicted molar refractivity (Wildman–Crippen MR) is 71.4 cm³/mol. The Morgan fingerprint density at radius 3 is 2.83 bits per heavy atom. The third-order valence-electron chi connectivity index (χ3n) is 3.89. The predicted octanol–water partition coefficient (Wildman–Crippen LogP) is 1.61. The second-order valence-corrected chi connectivity index (χ2v) is 5.24. The lowest BCUT2D eigenvalue weighted by Crippen LogP contribution is -2.47. The molecule has 1 amide bonds. The topological polar surface area (TPSA) is 64.3 Å². The molecular formula is C14H20N2O2. The summed E-state index contributed by atoms with van der Waals surface area (Å²) in [5, 5.41) is 2.96. The van der Waals surface area contributed by atoms with Gasteiger partial charge in [-0.3, -0.25) is 4.79 Å². The SMILES string of the molecule is Cc1cccc(NC(=O)C2(C)COCC2N)c1C. The van der Waals surface area contributed by atoms with Crippen LogP contribution in [0.5, 0.6) is 0 Å². The van der Waals surface area contributed by atoms with Crippen LogP contribution in [0.3, 0.4) is 0 Å². The smallest absolute Gasteiger partial charge is 0.234 e. The van der Waals surface area contributed by atoms with Gasteiger partial charge in [-0.25, -0.2) is 0 Å². The van der Waals surface area contributed by atoms with Gasteiger partial charge in [0.1, 0.15) is 0 Å². The van der Waals surface area contributed by atoms with Crippen LogP contribution in [0.4, 0.5) is 5.69 Å². The minimum Gasteiger partial charge on any atom is -0.379 e. The minimum atomic E-state index is -0.643. The van der Waals surface area contributed by atoms with Gasteiger partial charge >= 0.3 is 0 Å². The van der Waals surface area contributed by atoms with Gasteiger partial charge in [-0.15, -0.1) is 0 Å². The molecule has 2 rings (SSSR count). The summed E-state index contributed by atoms with van der Waals surface area (Å²) in [6.07, 6.45) is 0. The van der Waals surface area contributed by atoms with Gasteiger partial charge in [-0.2, -0.15) is 0 Å². The number of carbonyl (C=O) groups excluding carboxylic acids is 1. The number of aryl methyl sites for hydroxylation is 1. The number of hydrogen-bond acceptors (Lipinski definition) is 3. The zero-order valence-electron chi connectivity index (χ0n) is 11.1. The zero-order chi connectivity index (χ0) is 13.3. The van der Waals surface area contributed by atoms with Crippen molar-refractivity contribution >= 4 is 11.6 Å². The molecule has 0 aliphatic carbocycles. The molecule has 1 aromatic rings. The molecular weight excluding hydrogens is 228 g/mol. The number of ether oxygens (including phenoxy) is 1. The molecule has 98 valence electrons. The first-order valence-electron chi connectivity index (χ1n) is 6.16. The third-order valence-corrected chi connectivity index (χ3v) is 3.89. The number of nitrogens with one attached hydrogen (secondary N) is 1. The van der Waals surface area contributed by atoms with Crippen molar-refractivity contribution in [3.05, 3.63) is 29.3 Å². The Labute approximate surface area is 108 Å². The molecule has 4 nitrogen and oxygen atoms in total. The molecule has 1 aliphatic heterocycles. The van der Waals surface area contributed by atoms with Crippen LogP contribution in [0.25, 0.3) is 0 Å². The van der Waals surface area contributed by atoms with Gasteiger partial charge in [0.05, 0.1) is 18.6 Å². The largest absolute Gasteiger partial charge is 0.379 e. The number of hydrogen-bond donors (Lipinski definition) is 2. The number of benzene rings is 1. The Kier molecular flexibility index (Phi) is 3.41. The van der Waals surface area contributed by atoms with Crippen LogP contribution in [0, 0.1) is 19.3 Å². The molecule has 0 spiro atoms. The standard InChI is InChI=1S/C14H20N2O2/c1-9-5-4-6-11(10(9)2)16-13(17)14(3)8-18-7-12(14)15/h4-6,12H,7-8,15H2,1-3H3,(H,16,17). The lowest BCUT2D eigenvalue weighted by molar-refractivity contribution is -0.125. The van der Waals surface area contributed by atoms with Crippen LogP contribution in [0.1, 0.15) is 18.1 Å². The normalized spacial score (nSPS) is 27.2. The molecule has 2 atom stereocenters. The molecule has 0 radical (unpaired) electrons. The van der Waals surface area contributed by atoms with E-state index < -0.39 is 5.41 Å². The summed E-state index contributed by atoms with van der Waals surface area (Å²) in [6.45, 7) is 6.70. The molecule has 1 saturated heterocycles. The average molecular weight is 248 g/mol. The maximum absolute atomic E-state index is 12.3. The number of carbonyl (C=O) groups is 1. The first-order valence-corrected chi connectivity index (χ1v) is 6.16. The van der Waals surface area contributed by atoms with E-state index in [4.69, 9.17) is 10.5 Å². The molecule has 0 bridgehead atoms. The maximum Gasteiger partial charge on any atom is 0.234 e. The highest BCUT2D eigenvalue weighted by Crippen LogP contribution is 2.29. The van der Waals surface area contributed by atoms with Crippen LogP contribution in [0.2, 0.25) is 0 Å². The second kappa shape index (κ2) is 4.71. The number of anilines is 1. The van der Waals surface area contributed by atoms with Crippen molar-refractivity contribution < 1.29 is 9.53 Å². The van der Waals surface area contributed by atoms with E-state index in [1.54, 1.807) is 0 Å². The van der Waals surface area contributed by atoms with Crippen LogP contribution < -0.4 is 11.1 Å². The van der Waals surface area contributed by atoms with E-state index in [0.717, 1.165) is 16.8 Å². The molecule has 1 aliphatic rings. The Morgan fingerprint density at radius 2 is 2.22 bits per heavy atom. The van der Waals surface area contributed by atoms with Crippen LogP contribution in [-0.4, -0.2) is 25.2 Å². The minimum absolute atomic E-state index is 0.0683. The average Bonchev–Trinajstić information content (AvgIpc) is 2.67. The summed E-state index contributed by atoms with van der Waals surface area (Å²) in [4.78, 5) is 12.3. The van der Waals surface area contributed by atoms with Gasteiger partial charge < -0.3 is 15.8 Å². The molecule has 1 heterocycles. The van der Waals surface area contributed by atoms with Crippen molar-refractivity contribution in [2.24, 2.45) is 11.1 Å². The molecule has 1 aromatic carbocycles. The quantitative estimate of drug-likeness (QED) is 0.835. The second-order valence-electron chi connectivity index (χ2n) is 5.24. The number of nitrogens with two attached hydrogens (primary N) is 1. The number of amides is 1.